The van der Waals surface area contributed by atoms with E-state index in [1.807, 2.05) is 12.1 Å². The van der Waals surface area contributed by atoms with Crippen molar-refractivity contribution in [3.63, 3.8) is 0 Å². The summed E-state index contributed by atoms with van der Waals surface area (Å²) in [6.45, 7) is 2.09. The Labute approximate surface area is 109 Å². The third-order valence-electron chi connectivity index (χ3n) is 3.10. The molecule has 1 amide bonds. The van der Waals surface area contributed by atoms with Crippen LogP contribution in [0.2, 0.25) is 0 Å². The van der Waals surface area contributed by atoms with Crippen LogP contribution in [0.4, 0.5) is 0 Å². The zero-order chi connectivity index (χ0) is 12.7. The van der Waals surface area contributed by atoms with Gasteiger partial charge in [0.1, 0.15) is 0 Å². The monoisotopic (exact) mass is 255 g/mol. The van der Waals surface area contributed by atoms with Crippen molar-refractivity contribution in [3.05, 3.63) is 47.5 Å². The molecule has 0 saturated heterocycles. The molecule has 0 fully saturated rings. The maximum atomic E-state index is 11.1. The Bertz CT molecular complexity index is 758. The van der Waals surface area contributed by atoms with Crippen molar-refractivity contribution in [1.29, 1.82) is 0 Å². The molecule has 1 aromatic heterocycles. The summed E-state index contributed by atoms with van der Waals surface area (Å²) < 4.78 is 2.44. The second kappa shape index (κ2) is 4.10. The van der Waals surface area contributed by atoms with E-state index in [9.17, 15) is 4.79 Å². The Balaban J connectivity index is 2.34. The van der Waals surface area contributed by atoms with Crippen LogP contribution in [0.15, 0.2) is 36.4 Å². The van der Waals surface area contributed by atoms with E-state index in [0.29, 0.717) is 6.42 Å². The van der Waals surface area contributed by atoms with Gasteiger partial charge >= 0.3 is 0 Å². The highest BCUT2D eigenvalue weighted by Crippen LogP contribution is 2.36. The van der Waals surface area contributed by atoms with Gasteiger partial charge in [0.05, 0.1) is 6.42 Å². The van der Waals surface area contributed by atoms with Crippen molar-refractivity contribution < 1.29 is 4.79 Å². The maximum Gasteiger partial charge on any atom is 0.221 e. The van der Waals surface area contributed by atoms with Gasteiger partial charge in [0, 0.05) is 20.2 Å². The maximum absolute atomic E-state index is 11.1. The third kappa shape index (κ3) is 1.77. The summed E-state index contributed by atoms with van der Waals surface area (Å²) in [5.41, 5.74) is 7.58. The molecule has 0 saturated carbocycles. The van der Waals surface area contributed by atoms with Gasteiger partial charge < -0.3 is 5.73 Å². The third-order valence-corrected chi connectivity index (χ3v) is 4.34. The number of thiophene rings is 1. The molecule has 2 N–H and O–H groups in total. The molecule has 18 heavy (non-hydrogen) atoms. The molecule has 3 aromatic rings. The van der Waals surface area contributed by atoms with Crippen molar-refractivity contribution in [3.8, 4) is 0 Å². The van der Waals surface area contributed by atoms with Crippen LogP contribution in [0.1, 0.15) is 11.1 Å². The number of carbonyl (C=O) groups is 1. The van der Waals surface area contributed by atoms with E-state index in [1.54, 1.807) is 11.3 Å². The van der Waals surface area contributed by atoms with E-state index in [2.05, 4.69) is 31.2 Å². The molecule has 3 heteroatoms. The Morgan fingerprint density at radius 1 is 1.22 bits per heavy atom. The molecule has 0 bridgehead atoms. The van der Waals surface area contributed by atoms with Crippen molar-refractivity contribution in [2.24, 2.45) is 5.73 Å². The zero-order valence-electron chi connectivity index (χ0n) is 10.1. The number of nitrogens with two attached hydrogens (primary N) is 1. The van der Waals surface area contributed by atoms with Gasteiger partial charge in [-0.3, -0.25) is 4.79 Å². The predicted molar refractivity (Wildman–Crippen MR) is 77.0 cm³/mol. The minimum absolute atomic E-state index is 0.281. The standard InChI is InChI=1S/C15H13NOS/c1-9-5-6-11-12-4-2-3-10(8-14(16)17)15(12)18-13(11)7-9/h2-7H,8H2,1H3,(H2,16,17). The summed E-state index contributed by atoms with van der Waals surface area (Å²) in [5, 5.41) is 2.47. The molecule has 0 aliphatic rings. The molecule has 0 unspecified atom stereocenters. The quantitative estimate of drug-likeness (QED) is 0.749. The molecule has 3 rings (SSSR count). The first-order valence-electron chi connectivity index (χ1n) is 5.84. The Kier molecular flexibility index (Phi) is 2.56. The van der Waals surface area contributed by atoms with Gasteiger partial charge in [-0.15, -0.1) is 11.3 Å². The predicted octanol–water partition coefficient (Wildman–Crippen LogP) is 3.39. The van der Waals surface area contributed by atoms with Gasteiger partial charge in [-0.25, -0.2) is 0 Å². The van der Waals surface area contributed by atoms with Gasteiger partial charge in [-0.1, -0.05) is 30.3 Å². The molecule has 2 aromatic carbocycles. The lowest BCUT2D eigenvalue weighted by molar-refractivity contribution is -0.117. The fraction of sp³-hybridized carbons (Fsp3) is 0.133. The second-order valence-electron chi connectivity index (χ2n) is 4.54. The summed E-state index contributed by atoms with van der Waals surface area (Å²) in [4.78, 5) is 11.1. The molecular weight excluding hydrogens is 242 g/mol. The van der Waals surface area contributed by atoms with Crippen molar-refractivity contribution in [2.75, 3.05) is 0 Å². The molecule has 0 radical (unpaired) electrons. The first-order chi connectivity index (χ1) is 8.65. The number of rotatable bonds is 2. The molecule has 0 spiro atoms. The van der Waals surface area contributed by atoms with Crippen LogP contribution < -0.4 is 5.73 Å². The van der Waals surface area contributed by atoms with Crippen LogP contribution >= 0.6 is 11.3 Å². The van der Waals surface area contributed by atoms with Crippen LogP contribution in [-0.4, -0.2) is 5.91 Å². The summed E-state index contributed by atoms with van der Waals surface area (Å²) in [5.74, 6) is -0.281. The first kappa shape index (κ1) is 11.2. The minimum atomic E-state index is -0.281. The fourth-order valence-corrected chi connectivity index (χ4v) is 3.60. The molecule has 2 nitrogen and oxygen atoms in total. The second-order valence-corrected chi connectivity index (χ2v) is 5.59. The fourth-order valence-electron chi connectivity index (χ4n) is 2.29. The van der Waals surface area contributed by atoms with Gasteiger partial charge in [0.15, 0.2) is 0 Å². The number of fused-ring (bicyclic) bond motifs is 3. The topological polar surface area (TPSA) is 43.1 Å². The van der Waals surface area contributed by atoms with Gasteiger partial charge in [0.25, 0.3) is 0 Å². The molecule has 0 aliphatic heterocycles. The summed E-state index contributed by atoms with van der Waals surface area (Å²) in [6.07, 6.45) is 0.309. The minimum Gasteiger partial charge on any atom is -0.369 e. The molecule has 90 valence electrons. The van der Waals surface area contributed by atoms with Crippen LogP contribution in [0, 0.1) is 6.92 Å². The SMILES string of the molecule is Cc1ccc2c(c1)sc1c(CC(N)=O)cccc12. The lowest BCUT2D eigenvalue weighted by Gasteiger charge is -1.99. The number of carbonyl (C=O) groups excluding carboxylic acids is 1. The Hall–Kier alpha value is -1.87. The Morgan fingerprint density at radius 3 is 2.83 bits per heavy atom. The van der Waals surface area contributed by atoms with E-state index in [0.717, 1.165) is 5.56 Å². The van der Waals surface area contributed by atoms with Gasteiger partial charge in [-0.2, -0.15) is 0 Å². The van der Waals surface area contributed by atoms with Crippen LogP contribution in [0.3, 0.4) is 0 Å². The highest BCUT2D eigenvalue weighted by molar-refractivity contribution is 7.26. The normalized spacial score (nSPS) is 11.2. The summed E-state index contributed by atoms with van der Waals surface area (Å²) in [7, 11) is 0. The zero-order valence-corrected chi connectivity index (χ0v) is 10.9. The lowest BCUT2D eigenvalue weighted by atomic mass is 10.1. The highest BCUT2D eigenvalue weighted by atomic mass is 32.1. The molecule has 0 atom stereocenters. The van der Waals surface area contributed by atoms with Crippen molar-refractivity contribution in [1.82, 2.24) is 0 Å². The molecule has 0 aliphatic carbocycles. The van der Waals surface area contributed by atoms with Crippen LogP contribution in [-0.2, 0) is 11.2 Å². The first-order valence-corrected chi connectivity index (χ1v) is 6.66. The number of benzene rings is 2. The average Bonchev–Trinajstić information content (AvgIpc) is 2.67. The van der Waals surface area contributed by atoms with E-state index in [-0.39, 0.29) is 5.91 Å². The molecule has 1 heterocycles. The number of amides is 1. The van der Waals surface area contributed by atoms with Crippen LogP contribution in [0.25, 0.3) is 20.2 Å². The van der Waals surface area contributed by atoms with Gasteiger partial charge in [-0.05, 0) is 24.1 Å². The smallest absolute Gasteiger partial charge is 0.221 e. The largest absolute Gasteiger partial charge is 0.369 e. The number of primary amides is 1. The Morgan fingerprint density at radius 2 is 2.06 bits per heavy atom. The number of hydrogen-bond acceptors (Lipinski definition) is 2. The average molecular weight is 255 g/mol. The molecular formula is C15H13NOS. The highest BCUT2D eigenvalue weighted by Gasteiger charge is 2.10. The summed E-state index contributed by atoms with van der Waals surface area (Å²) in [6, 6.07) is 12.5. The number of hydrogen-bond donors (Lipinski definition) is 1. The summed E-state index contributed by atoms with van der Waals surface area (Å²) >= 11 is 1.74. The van der Waals surface area contributed by atoms with Crippen molar-refractivity contribution >= 4 is 37.4 Å². The van der Waals surface area contributed by atoms with E-state index >= 15 is 0 Å². The van der Waals surface area contributed by atoms with Gasteiger partial charge in [0.2, 0.25) is 5.91 Å². The van der Waals surface area contributed by atoms with Crippen LogP contribution in [0.5, 0.6) is 0 Å². The van der Waals surface area contributed by atoms with Crippen molar-refractivity contribution in [2.45, 2.75) is 13.3 Å². The number of aryl methyl sites for hydroxylation is 1. The lowest BCUT2D eigenvalue weighted by Crippen LogP contribution is -2.13. The van der Waals surface area contributed by atoms with E-state index < -0.39 is 0 Å². The van der Waals surface area contributed by atoms with E-state index in [4.69, 9.17) is 5.73 Å². The van der Waals surface area contributed by atoms with E-state index in [1.165, 1.54) is 25.7 Å².